The summed E-state index contributed by atoms with van der Waals surface area (Å²) in [4.78, 5) is 157. The van der Waals surface area contributed by atoms with E-state index < -0.39 is 126 Å². The number of aryl methyl sites for hydroxylation is 1. The Labute approximate surface area is 547 Å². The molecule has 6 aromatic rings. The number of hydrogen-bond acceptors (Lipinski definition) is 14. The molecule has 0 fully saturated rings. The van der Waals surface area contributed by atoms with E-state index in [1.54, 1.807) is 100 Å². The van der Waals surface area contributed by atoms with Gasteiger partial charge in [0.2, 0.25) is 53.2 Å². The largest absolute Gasteiger partial charge is 0.508 e. The molecule has 0 aliphatic rings. The van der Waals surface area contributed by atoms with Gasteiger partial charge in [-0.15, -0.1) is 0 Å². The summed E-state index contributed by atoms with van der Waals surface area (Å²) in [5, 5.41) is 56.1. The maximum atomic E-state index is 14.5. The first kappa shape index (κ1) is 73.0. The third-order valence-electron chi connectivity index (χ3n) is 15.3. The van der Waals surface area contributed by atoms with Crippen molar-refractivity contribution in [2.24, 2.45) is 17.4 Å². The lowest BCUT2D eigenvalue weighted by atomic mass is 10.0. The van der Waals surface area contributed by atoms with Gasteiger partial charge in [-0.1, -0.05) is 92.7 Å². The number of phenolic OH excluding ortho intramolecular Hbond substituents is 1. The number of guanidine groups is 1. The number of rotatable bonds is 34. The lowest BCUT2D eigenvalue weighted by Crippen LogP contribution is -2.62. The van der Waals surface area contributed by atoms with E-state index in [9.17, 15) is 63.0 Å². The smallest absolute Gasteiger partial charge is 0.334 e. The van der Waals surface area contributed by atoms with E-state index in [0.717, 1.165) is 23.4 Å². The Morgan fingerprint density at radius 1 is 0.526 bits per heavy atom. The van der Waals surface area contributed by atoms with Crippen molar-refractivity contribution in [3.05, 3.63) is 138 Å². The van der Waals surface area contributed by atoms with Gasteiger partial charge in [-0.25, -0.2) is 10.2 Å². The molecular formula is C65H85N17O13. The van der Waals surface area contributed by atoms with Gasteiger partial charge < -0.3 is 84.8 Å². The number of phenols is 1. The number of amides is 12. The van der Waals surface area contributed by atoms with Gasteiger partial charge >= 0.3 is 6.03 Å². The molecule has 30 nitrogen and oxygen atoms in total. The third kappa shape index (κ3) is 22.9. The molecule has 0 aliphatic carbocycles. The molecule has 6 rings (SSSR count). The first-order valence-corrected chi connectivity index (χ1v) is 30.9. The van der Waals surface area contributed by atoms with Crippen molar-refractivity contribution in [2.75, 3.05) is 13.6 Å². The number of aromatic nitrogens is 2. The first-order chi connectivity index (χ1) is 45.3. The maximum Gasteiger partial charge on any atom is 0.334 e. The van der Waals surface area contributed by atoms with Gasteiger partial charge in [-0.3, -0.25) is 58.8 Å². The van der Waals surface area contributed by atoms with Crippen LogP contribution in [0, 0.1) is 11.3 Å². The molecule has 12 amide bonds. The van der Waals surface area contributed by atoms with Crippen molar-refractivity contribution in [2.45, 2.75) is 140 Å². The number of para-hydroxylation sites is 2. The SMILES string of the molecule is CNC(=N)NCCC[C@H](NC(=O)[C@H](CC(C)C)NC(=O)NNC(=O)[C@H](Cc1ccccc1)NC(=O)[C@@H](NC(=O)[C@H](CC(N)=O)NC(=O)[C@@H](Cc1c[nH]c2ccccc12)NC(=O)[C@@H](CCc1ccc(O)cc1)NC(C)=O)[C@@H](C)O)C(=O)N[C@@H](Cc1c[nH]c2ccccc12)C(N)=O. The summed E-state index contributed by atoms with van der Waals surface area (Å²) in [6.45, 7) is 6.10. The summed E-state index contributed by atoms with van der Waals surface area (Å²) in [5.41, 5.74) is 19.8. The number of hydrogen-bond donors (Lipinski definition) is 19. The van der Waals surface area contributed by atoms with Crippen LogP contribution < -0.4 is 75.5 Å². The predicted octanol–water partition coefficient (Wildman–Crippen LogP) is -0.560. The number of aliphatic hydroxyl groups excluding tert-OH is 1. The molecule has 95 heavy (non-hydrogen) atoms. The van der Waals surface area contributed by atoms with E-state index in [1.807, 2.05) is 24.3 Å². The summed E-state index contributed by atoms with van der Waals surface area (Å²) in [5.74, 6) is -9.41. The van der Waals surface area contributed by atoms with Crippen LogP contribution in [0.5, 0.6) is 5.75 Å². The van der Waals surface area contributed by atoms with Crippen LogP contribution in [0.25, 0.3) is 21.8 Å². The quantitative estimate of drug-likeness (QED) is 0.0104. The highest BCUT2D eigenvalue weighted by Crippen LogP contribution is 2.22. The Kier molecular flexibility index (Phi) is 27.4. The van der Waals surface area contributed by atoms with Gasteiger partial charge in [0, 0.05) is 74.0 Å². The van der Waals surface area contributed by atoms with Crippen LogP contribution >= 0.6 is 0 Å². The van der Waals surface area contributed by atoms with Gasteiger partial charge in [-0.05, 0) is 91.5 Å². The minimum Gasteiger partial charge on any atom is -0.508 e. The maximum absolute atomic E-state index is 14.5. The molecule has 2 aromatic heterocycles. The lowest BCUT2D eigenvalue weighted by molar-refractivity contribution is -0.137. The Hall–Kier alpha value is -11.0. The van der Waals surface area contributed by atoms with Crippen molar-refractivity contribution in [1.29, 1.82) is 5.41 Å². The van der Waals surface area contributed by atoms with Crippen molar-refractivity contribution < 1.29 is 63.0 Å². The van der Waals surface area contributed by atoms with E-state index in [-0.39, 0.29) is 75.5 Å². The number of aliphatic hydroxyl groups is 1. The van der Waals surface area contributed by atoms with Crippen molar-refractivity contribution in [3.8, 4) is 5.75 Å². The number of nitrogens with two attached hydrogens (primary N) is 2. The van der Waals surface area contributed by atoms with Gasteiger partial charge in [0.05, 0.1) is 12.5 Å². The Morgan fingerprint density at radius 2 is 1.03 bits per heavy atom. The monoisotopic (exact) mass is 1310 g/mol. The molecule has 30 heteroatoms. The topological polar surface area (TPSA) is 480 Å². The second-order valence-electron chi connectivity index (χ2n) is 23.3. The van der Waals surface area contributed by atoms with Gasteiger partial charge in [0.25, 0.3) is 5.91 Å². The Morgan fingerprint density at radius 3 is 1.60 bits per heavy atom. The number of H-pyrrole nitrogens is 2. The highest BCUT2D eigenvalue weighted by molar-refractivity contribution is 5.99. The zero-order valence-electron chi connectivity index (χ0n) is 53.4. The van der Waals surface area contributed by atoms with Crippen LogP contribution in [0.4, 0.5) is 4.79 Å². The van der Waals surface area contributed by atoms with E-state index in [0.29, 0.717) is 27.6 Å². The first-order valence-electron chi connectivity index (χ1n) is 30.9. The summed E-state index contributed by atoms with van der Waals surface area (Å²) >= 11 is 0. The number of carbonyl (C=O) groups is 11. The van der Waals surface area contributed by atoms with Crippen LogP contribution in [0.2, 0.25) is 0 Å². The second kappa shape index (κ2) is 35.7. The molecule has 0 saturated carbocycles. The number of hydrazine groups is 1. The van der Waals surface area contributed by atoms with Gasteiger partial charge in [-0.2, -0.15) is 0 Å². The van der Waals surface area contributed by atoms with E-state index >= 15 is 0 Å². The number of nitrogens with one attached hydrogen (secondary N) is 15. The van der Waals surface area contributed by atoms with Crippen molar-refractivity contribution >= 4 is 92.9 Å². The molecule has 0 radical (unpaired) electrons. The zero-order valence-corrected chi connectivity index (χ0v) is 53.4. The van der Waals surface area contributed by atoms with Gasteiger partial charge in [0.15, 0.2) is 5.96 Å². The van der Waals surface area contributed by atoms with Crippen molar-refractivity contribution in [1.82, 2.24) is 74.0 Å². The molecule has 21 N–H and O–H groups in total. The van der Waals surface area contributed by atoms with Crippen molar-refractivity contribution in [3.63, 3.8) is 0 Å². The number of urea groups is 1. The molecule has 0 saturated heterocycles. The van der Waals surface area contributed by atoms with Crippen LogP contribution in [0.15, 0.2) is 116 Å². The average Bonchev–Trinajstić information content (AvgIpc) is 1.76. The lowest BCUT2D eigenvalue weighted by Gasteiger charge is -2.28. The molecule has 0 spiro atoms. The van der Waals surface area contributed by atoms with Crippen LogP contribution in [0.1, 0.15) is 82.1 Å². The van der Waals surface area contributed by atoms with Crippen LogP contribution in [-0.4, -0.2) is 159 Å². The minimum absolute atomic E-state index is 0.000956. The average molecular weight is 1310 g/mol. The fraction of sp³-hybridized carbons (Fsp3) is 0.385. The Balaban J connectivity index is 1.15. The molecule has 0 unspecified atom stereocenters. The highest BCUT2D eigenvalue weighted by atomic mass is 16.3. The Bertz CT molecular complexity index is 3670. The number of benzene rings is 4. The second-order valence-corrected chi connectivity index (χ2v) is 23.3. The number of carbonyl (C=O) groups excluding carboxylic acids is 11. The van der Waals surface area contributed by atoms with Crippen LogP contribution in [0.3, 0.4) is 0 Å². The summed E-state index contributed by atoms with van der Waals surface area (Å²) < 4.78 is 0. The normalized spacial score (nSPS) is 13.9. The molecule has 4 aromatic carbocycles. The third-order valence-corrected chi connectivity index (χ3v) is 15.3. The molecule has 9 atom stereocenters. The predicted molar refractivity (Wildman–Crippen MR) is 352 cm³/mol. The van der Waals surface area contributed by atoms with Gasteiger partial charge in [0.1, 0.15) is 54.1 Å². The minimum atomic E-state index is -1.90. The standard InChI is InChI=1S/C65H85N17O13/c1-35(2)28-50(59(90)74-47(20-13-27-70-64(68)69-5)57(88)75-49(56(67)87)30-40-33-71-45-18-11-9-16-43(40)45)79-65(95)82-81-62(93)51(29-39-14-7-6-8-15-39)78-63(94)55(36(3)83)80-61(92)53(32-54(66)86)77-60(91)52(31-41-34-72-46-19-12-10-17-44(41)46)76-58(89)48(73-37(4)84)26-23-38-21-24-42(85)25-22-38/h6-12,14-19,21-22,24-25,33-36,47-53,55,71-72,83,85H,13,20,23,26-32H2,1-5H3,(H2,66,86)(H2,67,87)(H,73,84)(H,74,90)(H,75,88)(H,76,89)(H,77,91)(H,78,94)(H,80,92)(H,81,93)(H3,68,69,70)(H2,79,82,95)/t36-,47+,48-,49+,50+,51+,52-,53+,55+/m1/s1. The highest BCUT2D eigenvalue weighted by Gasteiger charge is 2.36. The number of primary amides is 2. The molecule has 2 heterocycles. The summed E-state index contributed by atoms with van der Waals surface area (Å²) in [6.07, 6.45) is 0.918. The summed E-state index contributed by atoms with van der Waals surface area (Å²) in [6, 6.07) is 16.0. The molecule has 508 valence electrons. The van der Waals surface area contributed by atoms with E-state index in [2.05, 4.69) is 74.0 Å². The van der Waals surface area contributed by atoms with E-state index in [4.69, 9.17) is 16.9 Å². The zero-order chi connectivity index (χ0) is 69.3. The number of aromatic amines is 2. The number of aromatic hydroxyl groups is 1. The number of fused-ring (bicyclic) bond motifs is 2. The molecule has 0 bridgehead atoms. The fourth-order valence-electron chi connectivity index (χ4n) is 10.4. The fourth-order valence-corrected chi connectivity index (χ4v) is 10.4. The molecular weight excluding hydrogens is 1230 g/mol. The van der Waals surface area contributed by atoms with Crippen LogP contribution in [-0.2, 0) is 73.6 Å². The van der Waals surface area contributed by atoms with E-state index in [1.165, 1.54) is 19.1 Å². The summed E-state index contributed by atoms with van der Waals surface area (Å²) in [7, 11) is 1.54. The molecule has 0 aliphatic heterocycles.